The molecule has 2 N–H and O–H groups in total. The smallest absolute Gasteiger partial charge is 0.303 e. The largest absolute Gasteiger partial charge is 0.481 e. The van der Waals surface area contributed by atoms with Crippen molar-refractivity contribution >= 4 is 17.6 Å². The molecule has 1 atom stereocenters. The van der Waals surface area contributed by atoms with Crippen LogP contribution in [0.3, 0.4) is 0 Å². The number of hydrogen-bond acceptors (Lipinski definition) is 3. The van der Waals surface area contributed by atoms with E-state index >= 15 is 0 Å². The van der Waals surface area contributed by atoms with Crippen molar-refractivity contribution in [1.29, 1.82) is 0 Å². The molecule has 1 amide bonds. The minimum Gasteiger partial charge on any atom is -0.481 e. The Morgan fingerprint density at radius 1 is 1.42 bits per heavy atom. The molecule has 1 aromatic rings. The molecule has 0 radical (unpaired) electrons. The predicted molar refractivity (Wildman–Crippen MR) is 69.5 cm³/mol. The highest BCUT2D eigenvalue weighted by Crippen LogP contribution is 2.24. The van der Waals surface area contributed by atoms with E-state index in [0.29, 0.717) is 11.3 Å². The normalized spacial score (nSPS) is 11.2. The molecule has 19 heavy (non-hydrogen) atoms. The third-order valence-electron chi connectivity index (χ3n) is 2.44. The van der Waals surface area contributed by atoms with Gasteiger partial charge in [0.1, 0.15) is 0 Å². The summed E-state index contributed by atoms with van der Waals surface area (Å²) in [4.78, 5) is 24.1. The van der Waals surface area contributed by atoms with Crippen LogP contribution in [0.2, 0.25) is 0 Å². The summed E-state index contributed by atoms with van der Waals surface area (Å²) < 4.78 is 0. The Morgan fingerprint density at radius 3 is 2.53 bits per heavy atom. The molecule has 1 aromatic carbocycles. The SMILES string of the molecule is CC(=O)Nc1ccc(C(CCC(=O)O)N=[N+]=[N-])cc1. The molecule has 0 heterocycles. The minimum atomic E-state index is -0.937. The summed E-state index contributed by atoms with van der Waals surface area (Å²) in [7, 11) is 0. The Balaban J connectivity index is 2.81. The van der Waals surface area contributed by atoms with E-state index < -0.39 is 12.0 Å². The molecule has 0 aromatic heterocycles. The number of carbonyl (C=O) groups excluding carboxylic acids is 1. The molecule has 0 saturated carbocycles. The molecule has 0 fully saturated rings. The van der Waals surface area contributed by atoms with Crippen LogP contribution in [0.15, 0.2) is 29.4 Å². The minimum absolute atomic E-state index is 0.0723. The molecule has 1 unspecified atom stereocenters. The number of amides is 1. The molecular formula is C12H14N4O3. The van der Waals surface area contributed by atoms with Gasteiger partial charge in [0.25, 0.3) is 0 Å². The Morgan fingerprint density at radius 2 is 2.05 bits per heavy atom. The van der Waals surface area contributed by atoms with Crippen molar-refractivity contribution < 1.29 is 14.7 Å². The van der Waals surface area contributed by atoms with E-state index in [1.807, 2.05) is 0 Å². The van der Waals surface area contributed by atoms with Gasteiger partial charge in [0.2, 0.25) is 5.91 Å². The zero-order chi connectivity index (χ0) is 14.3. The second kappa shape index (κ2) is 7.03. The summed E-state index contributed by atoms with van der Waals surface area (Å²) in [6.07, 6.45) is 0.163. The standard InChI is InChI=1S/C12H14N4O3/c1-8(17)14-10-4-2-9(3-5-10)11(15-16-13)6-7-12(18)19/h2-5,11H,6-7H2,1H3,(H,14,17)(H,18,19). The molecule has 7 heteroatoms. The highest BCUT2D eigenvalue weighted by molar-refractivity contribution is 5.88. The number of benzene rings is 1. The maximum Gasteiger partial charge on any atom is 0.303 e. The van der Waals surface area contributed by atoms with E-state index in [1.165, 1.54) is 6.92 Å². The van der Waals surface area contributed by atoms with E-state index in [4.69, 9.17) is 10.6 Å². The number of azide groups is 1. The number of rotatable bonds is 6. The molecule has 0 saturated heterocycles. The van der Waals surface area contributed by atoms with Gasteiger partial charge >= 0.3 is 5.97 Å². The van der Waals surface area contributed by atoms with Gasteiger partial charge in [-0.2, -0.15) is 0 Å². The maximum atomic E-state index is 10.9. The van der Waals surface area contributed by atoms with Gasteiger partial charge in [0.15, 0.2) is 0 Å². The number of carboxylic acid groups (broad SMARTS) is 1. The van der Waals surface area contributed by atoms with Gasteiger partial charge in [-0.1, -0.05) is 17.2 Å². The van der Waals surface area contributed by atoms with Gasteiger partial charge in [-0.25, -0.2) is 0 Å². The van der Waals surface area contributed by atoms with E-state index in [0.717, 1.165) is 0 Å². The number of carbonyl (C=O) groups is 2. The van der Waals surface area contributed by atoms with Crippen molar-refractivity contribution in [3.8, 4) is 0 Å². The number of anilines is 1. The van der Waals surface area contributed by atoms with Crippen molar-refractivity contribution in [2.75, 3.05) is 5.32 Å². The molecule has 0 spiro atoms. The maximum absolute atomic E-state index is 10.9. The molecule has 0 aliphatic carbocycles. The van der Waals surface area contributed by atoms with Crippen LogP contribution in [0.4, 0.5) is 5.69 Å². The van der Waals surface area contributed by atoms with E-state index in [1.54, 1.807) is 24.3 Å². The third-order valence-corrected chi connectivity index (χ3v) is 2.44. The van der Waals surface area contributed by atoms with Crippen LogP contribution in [0.25, 0.3) is 10.4 Å². The first-order chi connectivity index (χ1) is 9.02. The van der Waals surface area contributed by atoms with Crippen LogP contribution < -0.4 is 5.32 Å². The van der Waals surface area contributed by atoms with Gasteiger partial charge in [-0.05, 0) is 29.6 Å². The molecule has 0 bridgehead atoms. The fourth-order valence-corrected chi connectivity index (χ4v) is 1.61. The van der Waals surface area contributed by atoms with Crippen molar-refractivity contribution in [1.82, 2.24) is 0 Å². The second-order valence-corrected chi connectivity index (χ2v) is 3.96. The first kappa shape index (κ1) is 14.5. The number of nitrogens with zero attached hydrogens (tertiary/aromatic N) is 3. The lowest BCUT2D eigenvalue weighted by Gasteiger charge is -2.11. The summed E-state index contributed by atoms with van der Waals surface area (Å²) in [6, 6.07) is 6.24. The van der Waals surface area contributed by atoms with E-state index in [2.05, 4.69) is 15.3 Å². The fourth-order valence-electron chi connectivity index (χ4n) is 1.61. The van der Waals surface area contributed by atoms with Crippen LogP contribution in [-0.4, -0.2) is 17.0 Å². The molecule has 0 aliphatic rings. The monoisotopic (exact) mass is 262 g/mol. The van der Waals surface area contributed by atoms with Gasteiger partial charge in [-0.15, -0.1) is 0 Å². The van der Waals surface area contributed by atoms with E-state index in [9.17, 15) is 9.59 Å². The number of hydrogen-bond donors (Lipinski definition) is 2. The Labute approximate surface area is 109 Å². The second-order valence-electron chi connectivity index (χ2n) is 3.96. The fraction of sp³-hybridized carbons (Fsp3) is 0.333. The quantitative estimate of drug-likeness (QED) is 0.466. The van der Waals surface area contributed by atoms with Crippen LogP contribution in [0, 0.1) is 0 Å². The third kappa shape index (κ3) is 5.10. The van der Waals surface area contributed by atoms with Crippen LogP contribution in [0.5, 0.6) is 0 Å². The first-order valence-electron chi connectivity index (χ1n) is 5.66. The van der Waals surface area contributed by atoms with Gasteiger partial charge in [-0.3, -0.25) is 9.59 Å². The van der Waals surface area contributed by atoms with E-state index in [-0.39, 0.29) is 18.7 Å². The zero-order valence-corrected chi connectivity index (χ0v) is 10.4. The van der Waals surface area contributed by atoms with Crippen LogP contribution in [-0.2, 0) is 9.59 Å². The Hall–Kier alpha value is -2.53. The lowest BCUT2D eigenvalue weighted by atomic mass is 10.0. The van der Waals surface area contributed by atoms with Crippen molar-refractivity contribution in [2.24, 2.45) is 5.11 Å². The molecule has 7 nitrogen and oxygen atoms in total. The average Bonchev–Trinajstić information content (AvgIpc) is 2.34. The molecular weight excluding hydrogens is 248 g/mol. The molecule has 1 rings (SSSR count). The van der Waals surface area contributed by atoms with Gasteiger partial charge in [0.05, 0.1) is 6.04 Å². The summed E-state index contributed by atoms with van der Waals surface area (Å²) in [5, 5.41) is 14.8. The predicted octanol–water partition coefficient (Wildman–Crippen LogP) is 2.86. The zero-order valence-electron chi connectivity index (χ0n) is 10.4. The van der Waals surface area contributed by atoms with Crippen molar-refractivity contribution in [3.05, 3.63) is 40.3 Å². The highest BCUT2D eigenvalue weighted by atomic mass is 16.4. The topological polar surface area (TPSA) is 115 Å². The highest BCUT2D eigenvalue weighted by Gasteiger charge is 2.11. The molecule has 0 aliphatic heterocycles. The first-order valence-corrected chi connectivity index (χ1v) is 5.66. The lowest BCUT2D eigenvalue weighted by Crippen LogP contribution is -2.06. The summed E-state index contributed by atoms with van der Waals surface area (Å²) >= 11 is 0. The van der Waals surface area contributed by atoms with Crippen LogP contribution >= 0.6 is 0 Å². The average molecular weight is 262 g/mol. The summed E-state index contributed by atoms with van der Waals surface area (Å²) in [5.74, 6) is -1.11. The summed E-state index contributed by atoms with van der Waals surface area (Å²) in [6.45, 7) is 1.41. The number of nitrogens with one attached hydrogen (secondary N) is 1. The molecule has 100 valence electrons. The Kier molecular flexibility index (Phi) is 5.37. The number of carboxylic acids is 1. The van der Waals surface area contributed by atoms with Crippen molar-refractivity contribution in [2.45, 2.75) is 25.8 Å². The lowest BCUT2D eigenvalue weighted by molar-refractivity contribution is -0.137. The van der Waals surface area contributed by atoms with Crippen molar-refractivity contribution in [3.63, 3.8) is 0 Å². The van der Waals surface area contributed by atoms with Crippen LogP contribution in [0.1, 0.15) is 31.4 Å². The van der Waals surface area contributed by atoms with Gasteiger partial charge in [0, 0.05) is 23.9 Å². The van der Waals surface area contributed by atoms with Gasteiger partial charge < -0.3 is 10.4 Å². The summed E-state index contributed by atoms with van der Waals surface area (Å²) in [5.41, 5.74) is 9.84. The Bertz CT molecular complexity index is 506. The number of aliphatic carboxylic acids is 1.